The van der Waals surface area contributed by atoms with Crippen molar-refractivity contribution in [2.24, 2.45) is 11.8 Å². The van der Waals surface area contributed by atoms with Gasteiger partial charge in [-0.25, -0.2) is 0 Å². The summed E-state index contributed by atoms with van der Waals surface area (Å²) in [5.41, 5.74) is 0.0526. The number of anilines is 1. The molecule has 2 heterocycles. The SMILES string of the molecule is CC1CC(C(=O)O)CN(c2cnn(-c3ccc([N+](=O)[O-])cc3)c(=O)c2Cl)C1. The summed E-state index contributed by atoms with van der Waals surface area (Å²) in [6.45, 7) is 2.77. The molecule has 2 aromatic rings. The van der Waals surface area contributed by atoms with E-state index in [0.717, 1.165) is 4.68 Å². The smallest absolute Gasteiger partial charge is 0.308 e. The van der Waals surface area contributed by atoms with E-state index in [1.165, 1.54) is 30.5 Å². The van der Waals surface area contributed by atoms with E-state index in [-0.39, 0.29) is 23.2 Å². The number of aromatic nitrogens is 2. The van der Waals surface area contributed by atoms with Gasteiger partial charge in [-0.1, -0.05) is 18.5 Å². The summed E-state index contributed by atoms with van der Waals surface area (Å²) in [6, 6.07) is 5.36. The third kappa shape index (κ3) is 3.77. The van der Waals surface area contributed by atoms with E-state index >= 15 is 0 Å². The largest absolute Gasteiger partial charge is 0.481 e. The average Bonchev–Trinajstić information content (AvgIpc) is 2.63. The molecule has 1 aliphatic heterocycles. The van der Waals surface area contributed by atoms with Crippen molar-refractivity contribution in [3.05, 3.63) is 56.0 Å². The normalized spacial score (nSPS) is 19.7. The number of nitro groups is 1. The van der Waals surface area contributed by atoms with Gasteiger partial charge in [0.15, 0.2) is 0 Å². The Labute approximate surface area is 158 Å². The molecular weight excluding hydrogens is 376 g/mol. The van der Waals surface area contributed by atoms with Gasteiger partial charge >= 0.3 is 5.97 Å². The predicted octanol–water partition coefficient (Wildman–Crippen LogP) is 2.34. The van der Waals surface area contributed by atoms with Crippen LogP contribution in [0.15, 0.2) is 35.3 Å². The Morgan fingerprint density at radius 2 is 2.00 bits per heavy atom. The van der Waals surface area contributed by atoms with Gasteiger partial charge in [-0.05, 0) is 24.5 Å². The number of carbonyl (C=O) groups is 1. The molecule has 9 nitrogen and oxygen atoms in total. The number of nitrogens with zero attached hydrogens (tertiary/aromatic N) is 4. The number of carboxylic acid groups (broad SMARTS) is 1. The minimum absolute atomic E-state index is 0.0680. The Kier molecular flexibility index (Phi) is 5.13. The fourth-order valence-corrected chi connectivity index (χ4v) is 3.52. The highest BCUT2D eigenvalue weighted by atomic mass is 35.5. The van der Waals surface area contributed by atoms with Gasteiger partial charge in [-0.3, -0.25) is 19.7 Å². The summed E-state index contributed by atoms with van der Waals surface area (Å²) < 4.78 is 1.05. The fraction of sp³-hybridized carbons (Fsp3) is 0.353. The van der Waals surface area contributed by atoms with Crippen molar-refractivity contribution in [2.75, 3.05) is 18.0 Å². The first-order valence-electron chi connectivity index (χ1n) is 8.28. The van der Waals surface area contributed by atoms with Crippen molar-refractivity contribution in [1.29, 1.82) is 0 Å². The number of piperidine rings is 1. The molecule has 1 N–H and O–H groups in total. The zero-order chi connectivity index (χ0) is 19.7. The summed E-state index contributed by atoms with van der Waals surface area (Å²) >= 11 is 6.27. The molecule has 0 saturated carbocycles. The molecule has 0 amide bonds. The van der Waals surface area contributed by atoms with Crippen LogP contribution in [0, 0.1) is 22.0 Å². The van der Waals surface area contributed by atoms with Crippen molar-refractivity contribution in [3.8, 4) is 5.69 Å². The molecule has 1 saturated heterocycles. The minimum Gasteiger partial charge on any atom is -0.481 e. The van der Waals surface area contributed by atoms with Gasteiger partial charge in [0.2, 0.25) is 0 Å². The third-order valence-electron chi connectivity index (χ3n) is 4.56. The van der Waals surface area contributed by atoms with Crippen LogP contribution in [0.2, 0.25) is 5.02 Å². The molecular formula is C17H17ClN4O5. The van der Waals surface area contributed by atoms with E-state index in [0.29, 0.717) is 24.3 Å². The van der Waals surface area contributed by atoms with Gasteiger partial charge in [0.1, 0.15) is 5.02 Å². The molecule has 1 fully saturated rings. The molecule has 1 aliphatic rings. The van der Waals surface area contributed by atoms with Crippen molar-refractivity contribution < 1.29 is 14.8 Å². The number of carboxylic acids is 1. The van der Waals surface area contributed by atoms with Crippen molar-refractivity contribution in [1.82, 2.24) is 9.78 Å². The second kappa shape index (κ2) is 7.36. The van der Waals surface area contributed by atoms with Crippen LogP contribution in [0.25, 0.3) is 5.69 Å². The molecule has 1 aromatic carbocycles. The molecule has 1 aromatic heterocycles. The zero-order valence-corrected chi connectivity index (χ0v) is 15.2. The molecule has 10 heteroatoms. The third-order valence-corrected chi connectivity index (χ3v) is 4.91. The Morgan fingerprint density at radius 1 is 1.33 bits per heavy atom. The van der Waals surface area contributed by atoms with Crippen LogP contribution in [0.1, 0.15) is 13.3 Å². The van der Waals surface area contributed by atoms with E-state index in [2.05, 4.69) is 5.10 Å². The lowest BCUT2D eigenvalue weighted by Gasteiger charge is -2.36. The Balaban J connectivity index is 1.94. The van der Waals surface area contributed by atoms with Crippen LogP contribution in [-0.2, 0) is 4.79 Å². The highest BCUT2D eigenvalue weighted by Gasteiger charge is 2.31. The maximum absolute atomic E-state index is 12.6. The van der Waals surface area contributed by atoms with Gasteiger partial charge in [-0.15, -0.1) is 0 Å². The molecule has 2 atom stereocenters. The second-order valence-corrected chi connectivity index (χ2v) is 6.99. The number of hydrogen-bond acceptors (Lipinski definition) is 6. The molecule has 0 bridgehead atoms. The van der Waals surface area contributed by atoms with Crippen molar-refractivity contribution in [2.45, 2.75) is 13.3 Å². The number of aliphatic carboxylic acids is 1. The van der Waals surface area contributed by atoms with Gasteiger partial charge in [-0.2, -0.15) is 9.78 Å². The van der Waals surface area contributed by atoms with E-state index in [4.69, 9.17) is 11.6 Å². The summed E-state index contributed by atoms with van der Waals surface area (Å²) in [4.78, 5) is 36.0. The van der Waals surface area contributed by atoms with E-state index < -0.39 is 22.4 Å². The zero-order valence-electron chi connectivity index (χ0n) is 14.4. The Bertz CT molecular complexity index is 943. The number of non-ortho nitro benzene ring substituents is 1. The van der Waals surface area contributed by atoms with E-state index in [1.54, 1.807) is 4.90 Å². The van der Waals surface area contributed by atoms with Crippen LogP contribution in [0.3, 0.4) is 0 Å². The second-order valence-electron chi connectivity index (χ2n) is 6.62. The van der Waals surface area contributed by atoms with Crippen LogP contribution < -0.4 is 10.5 Å². The molecule has 0 radical (unpaired) electrons. The maximum atomic E-state index is 12.6. The van der Waals surface area contributed by atoms with Crippen LogP contribution in [-0.4, -0.2) is 38.9 Å². The highest BCUT2D eigenvalue weighted by molar-refractivity contribution is 6.33. The first-order valence-corrected chi connectivity index (χ1v) is 8.66. The Hall–Kier alpha value is -2.94. The molecule has 142 valence electrons. The van der Waals surface area contributed by atoms with Gasteiger partial charge in [0, 0.05) is 25.2 Å². The first kappa shape index (κ1) is 18.8. The quantitative estimate of drug-likeness (QED) is 0.626. The van der Waals surface area contributed by atoms with Crippen molar-refractivity contribution >= 4 is 28.9 Å². The Morgan fingerprint density at radius 3 is 2.59 bits per heavy atom. The molecule has 27 heavy (non-hydrogen) atoms. The maximum Gasteiger partial charge on any atom is 0.308 e. The van der Waals surface area contributed by atoms with Crippen LogP contribution in [0.4, 0.5) is 11.4 Å². The lowest BCUT2D eigenvalue weighted by atomic mass is 9.90. The van der Waals surface area contributed by atoms with Gasteiger partial charge in [0.25, 0.3) is 11.2 Å². The first-order chi connectivity index (χ1) is 12.8. The summed E-state index contributed by atoms with van der Waals surface area (Å²) in [7, 11) is 0. The molecule has 0 aliphatic carbocycles. The topological polar surface area (TPSA) is 119 Å². The number of benzene rings is 1. The number of halogens is 1. The minimum atomic E-state index is -0.880. The number of nitro benzene ring substituents is 1. The molecule has 3 rings (SSSR count). The standard InChI is InChI=1S/C17H17ClN4O5/c1-10-6-11(17(24)25)9-20(8-10)14-7-19-21(16(23)15(14)18)12-2-4-13(5-3-12)22(26)27/h2-5,7,10-11H,6,8-9H2,1H3,(H,24,25). The van der Waals surface area contributed by atoms with Crippen LogP contribution in [0.5, 0.6) is 0 Å². The van der Waals surface area contributed by atoms with E-state index in [1.807, 2.05) is 6.92 Å². The van der Waals surface area contributed by atoms with Gasteiger partial charge in [0.05, 0.1) is 28.4 Å². The summed E-state index contributed by atoms with van der Waals surface area (Å²) in [6.07, 6.45) is 1.98. The number of hydrogen-bond donors (Lipinski definition) is 1. The van der Waals surface area contributed by atoms with Crippen molar-refractivity contribution in [3.63, 3.8) is 0 Å². The highest BCUT2D eigenvalue weighted by Crippen LogP contribution is 2.29. The molecule has 2 unspecified atom stereocenters. The lowest BCUT2D eigenvalue weighted by molar-refractivity contribution is -0.384. The van der Waals surface area contributed by atoms with E-state index in [9.17, 15) is 24.8 Å². The number of rotatable bonds is 4. The summed E-state index contributed by atoms with van der Waals surface area (Å²) in [5, 5.41) is 24.1. The predicted molar refractivity (Wildman–Crippen MR) is 98.6 cm³/mol. The molecule has 0 spiro atoms. The lowest BCUT2D eigenvalue weighted by Crippen LogP contribution is -2.43. The fourth-order valence-electron chi connectivity index (χ4n) is 3.27. The average molecular weight is 393 g/mol. The monoisotopic (exact) mass is 392 g/mol. The van der Waals surface area contributed by atoms with Crippen LogP contribution >= 0.6 is 11.6 Å². The summed E-state index contributed by atoms with van der Waals surface area (Å²) in [5.74, 6) is -1.29. The van der Waals surface area contributed by atoms with Gasteiger partial charge < -0.3 is 10.0 Å².